The summed E-state index contributed by atoms with van der Waals surface area (Å²) in [6.07, 6.45) is -2.19. The van der Waals surface area contributed by atoms with Gasteiger partial charge in [0.2, 0.25) is 5.92 Å². The Bertz CT molecular complexity index is 325. The van der Waals surface area contributed by atoms with E-state index in [4.69, 9.17) is 10.2 Å². The van der Waals surface area contributed by atoms with Gasteiger partial charge in [-0.25, -0.2) is 18.4 Å². The maximum Gasteiger partial charge on any atom is 0.408 e. The zero-order chi connectivity index (χ0) is 12.1. The number of carbonyl (C=O) groups is 2. The molecule has 7 heteroatoms. The molecule has 1 unspecified atom stereocenters. The van der Waals surface area contributed by atoms with Crippen molar-refractivity contribution in [2.45, 2.75) is 31.2 Å². The molecule has 2 N–H and O–H groups in total. The first-order valence-electron chi connectivity index (χ1n) is 4.85. The van der Waals surface area contributed by atoms with Crippen molar-refractivity contribution in [3.05, 3.63) is 0 Å². The van der Waals surface area contributed by atoms with Crippen LogP contribution in [0.3, 0.4) is 0 Å². The lowest BCUT2D eigenvalue weighted by Gasteiger charge is -2.44. The second kappa shape index (κ2) is 3.05. The summed E-state index contributed by atoms with van der Waals surface area (Å²) in [5, 5.41) is 17.6. The molecular weight excluding hydrogens is 224 g/mol. The second-order valence-electron chi connectivity index (χ2n) is 4.68. The first-order valence-corrected chi connectivity index (χ1v) is 4.85. The van der Waals surface area contributed by atoms with E-state index in [0.29, 0.717) is 0 Å². The molecule has 2 rings (SSSR count). The highest BCUT2D eigenvalue weighted by Gasteiger charge is 2.62. The third-order valence-electron chi connectivity index (χ3n) is 3.31. The molecule has 1 spiro atoms. The van der Waals surface area contributed by atoms with Gasteiger partial charge < -0.3 is 10.2 Å². The molecule has 16 heavy (non-hydrogen) atoms. The fourth-order valence-corrected chi connectivity index (χ4v) is 2.78. The van der Waals surface area contributed by atoms with E-state index in [2.05, 4.69) is 0 Å². The highest BCUT2D eigenvalue weighted by atomic mass is 19.3. The molecule has 0 bridgehead atoms. The van der Waals surface area contributed by atoms with Gasteiger partial charge in [-0.05, 0) is 6.42 Å². The van der Waals surface area contributed by atoms with Gasteiger partial charge in [0.15, 0.2) is 0 Å². The fourth-order valence-electron chi connectivity index (χ4n) is 2.78. The molecule has 1 saturated carbocycles. The van der Waals surface area contributed by atoms with Crippen molar-refractivity contribution in [1.29, 1.82) is 0 Å². The highest BCUT2D eigenvalue weighted by Crippen LogP contribution is 2.57. The maximum atomic E-state index is 12.8. The van der Waals surface area contributed by atoms with Crippen LogP contribution in [0.15, 0.2) is 0 Å². The van der Waals surface area contributed by atoms with Crippen LogP contribution in [0.25, 0.3) is 0 Å². The largest absolute Gasteiger partial charge is 0.480 e. The number of carboxylic acids is 1. The summed E-state index contributed by atoms with van der Waals surface area (Å²) in [6, 6.07) is -1.19. The minimum absolute atomic E-state index is 0.00970. The third kappa shape index (κ3) is 1.60. The number of hydrogen-bond acceptors (Lipinski definition) is 2. The van der Waals surface area contributed by atoms with Crippen molar-refractivity contribution in [2.24, 2.45) is 5.41 Å². The normalized spacial score (nSPS) is 30.1. The molecule has 1 saturated heterocycles. The van der Waals surface area contributed by atoms with Crippen LogP contribution in [-0.4, -0.2) is 45.7 Å². The Hall–Kier alpha value is -1.40. The number of carboxylic acid groups (broad SMARTS) is 2. The number of halogens is 2. The molecule has 0 aromatic rings. The number of amides is 1. The van der Waals surface area contributed by atoms with Crippen molar-refractivity contribution in [1.82, 2.24) is 4.90 Å². The number of hydrogen-bond donors (Lipinski definition) is 2. The van der Waals surface area contributed by atoms with Gasteiger partial charge in [-0.1, -0.05) is 0 Å². The standard InChI is InChI=1S/C9H11F2NO4/c10-9(11)2-8(3-9)1-5(6(13)14)12(4-8)7(15)16/h5H,1-4H2,(H,13,14)(H,15,16). The number of rotatable bonds is 1. The molecule has 5 nitrogen and oxygen atoms in total. The highest BCUT2D eigenvalue weighted by molar-refractivity contribution is 5.80. The van der Waals surface area contributed by atoms with Crippen molar-refractivity contribution in [3.8, 4) is 0 Å². The summed E-state index contributed by atoms with van der Waals surface area (Å²) in [5.41, 5.74) is -0.828. The monoisotopic (exact) mass is 235 g/mol. The van der Waals surface area contributed by atoms with Gasteiger partial charge in [0, 0.05) is 24.8 Å². The molecule has 1 heterocycles. The van der Waals surface area contributed by atoms with Crippen molar-refractivity contribution in [3.63, 3.8) is 0 Å². The predicted octanol–water partition coefficient (Wildman–Crippen LogP) is 1.24. The van der Waals surface area contributed by atoms with Crippen LogP contribution in [0.4, 0.5) is 13.6 Å². The van der Waals surface area contributed by atoms with Crippen molar-refractivity contribution < 1.29 is 28.6 Å². The zero-order valence-electron chi connectivity index (χ0n) is 8.32. The van der Waals surface area contributed by atoms with Crippen molar-refractivity contribution in [2.75, 3.05) is 6.54 Å². The molecule has 0 aromatic carbocycles. The molecule has 1 aliphatic heterocycles. The van der Waals surface area contributed by atoms with Gasteiger partial charge in [-0.2, -0.15) is 0 Å². The molecular formula is C9H11F2NO4. The van der Waals surface area contributed by atoms with Gasteiger partial charge in [0.25, 0.3) is 0 Å². The Morgan fingerprint density at radius 1 is 1.25 bits per heavy atom. The van der Waals surface area contributed by atoms with E-state index in [1.54, 1.807) is 0 Å². The molecule has 90 valence electrons. The lowest BCUT2D eigenvalue weighted by atomic mass is 9.65. The second-order valence-corrected chi connectivity index (χ2v) is 4.68. The topological polar surface area (TPSA) is 77.8 Å². The van der Waals surface area contributed by atoms with Gasteiger partial charge >= 0.3 is 12.1 Å². The summed E-state index contributed by atoms with van der Waals surface area (Å²) >= 11 is 0. The van der Waals surface area contributed by atoms with Gasteiger partial charge in [-0.15, -0.1) is 0 Å². The molecule has 0 radical (unpaired) electrons. The SMILES string of the molecule is O=C(O)C1CC2(CN1C(=O)O)CC(F)(F)C2. The average molecular weight is 235 g/mol. The smallest absolute Gasteiger partial charge is 0.408 e. The summed E-state index contributed by atoms with van der Waals surface area (Å²) in [5.74, 6) is -4.04. The number of aliphatic carboxylic acids is 1. The van der Waals surface area contributed by atoms with Crippen LogP contribution in [0.5, 0.6) is 0 Å². The van der Waals surface area contributed by atoms with E-state index in [1.807, 2.05) is 0 Å². The van der Waals surface area contributed by atoms with E-state index in [0.717, 1.165) is 4.90 Å². The van der Waals surface area contributed by atoms with E-state index < -0.39 is 42.3 Å². The van der Waals surface area contributed by atoms with Crippen LogP contribution in [0.1, 0.15) is 19.3 Å². The quantitative estimate of drug-likeness (QED) is 0.716. The number of nitrogens with zero attached hydrogens (tertiary/aromatic N) is 1. The van der Waals surface area contributed by atoms with E-state index in [9.17, 15) is 18.4 Å². The number of likely N-dealkylation sites (tertiary alicyclic amines) is 1. The Kier molecular flexibility index (Phi) is 2.12. The van der Waals surface area contributed by atoms with Crippen LogP contribution in [0, 0.1) is 5.41 Å². The molecule has 1 aliphatic carbocycles. The van der Waals surface area contributed by atoms with Crippen LogP contribution in [-0.2, 0) is 4.79 Å². The first-order chi connectivity index (χ1) is 7.25. The maximum absolute atomic E-state index is 12.8. The van der Waals surface area contributed by atoms with E-state index >= 15 is 0 Å². The fraction of sp³-hybridized carbons (Fsp3) is 0.778. The third-order valence-corrected chi connectivity index (χ3v) is 3.31. The van der Waals surface area contributed by atoms with Crippen molar-refractivity contribution >= 4 is 12.1 Å². The van der Waals surface area contributed by atoms with Gasteiger partial charge in [0.1, 0.15) is 6.04 Å². The minimum atomic E-state index is -2.77. The predicted molar refractivity (Wildman–Crippen MR) is 47.4 cm³/mol. The lowest BCUT2D eigenvalue weighted by molar-refractivity contribution is -0.157. The first kappa shape index (κ1) is 11.1. The molecule has 2 fully saturated rings. The Labute approximate surface area is 89.6 Å². The number of alkyl halides is 2. The molecule has 1 amide bonds. The Balaban J connectivity index is 2.14. The van der Waals surface area contributed by atoms with Crippen LogP contribution < -0.4 is 0 Å². The van der Waals surface area contributed by atoms with Gasteiger partial charge in [-0.3, -0.25) is 4.90 Å². The molecule has 2 aliphatic rings. The zero-order valence-corrected chi connectivity index (χ0v) is 8.32. The Morgan fingerprint density at radius 3 is 2.12 bits per heavy atom. The molecule has 0 aromatic heterocycles. The van der Waals surface area contributed by atoms with Crippen LogP contribution in [0.2, 0.25) is 0 Å². The summed E-state index contributed by atoms with van der Waals surface area (Å²) in [7, 11) is 0. The van der Waals surface area contributed by atoms with E-state index in [1.165, 1.54) is 0 Å². The van der Waals surface area contributed by atoms with E-state index in [-0.39, 0.29) is 13.0 Å². The summed E-state index contributed by atoms with van der Waals surface area (Å²) in [6.45, 7) is -0.102. The minimum Gasteiger partial charge on any atom is -0.480 e. The van der Waals surface area contributed by atoms with Gasteiger partial charge in [0.05, 0.1) is 0 Å². The Morgan fingerprint density at radius 2 is 1.81 bits per heavy atom. The summed E-state index contributed by atoms with van der Waals surface area (Å²) in [4.78, 5) is 22.3. The summed E-state index contributed by atoms with van der Waals surface area (Å²) < 4.78 is 25.6. The lowest BCUT2D eigenvalue weighted by Crippen LogP contribution is -2.48. The van der Waals surface area contributed by atoms with Crippen LogP contribution >= 0.6 is 0 Å². The molecule has 1 atom stereocenters. The average Bonchev–Trinajstić information content (AvgIpc) is 2.42.